The van der Waals surface area contributed by atoms with E-state index in [0.29, 0.717) is 6.42 Å². The third-order valence-corrected chi connectivity index (χ3v) is 5.66. The molecule has 3 rings (SSSR count). The molecule has 0 atom stereocenters. The van der Waals surface area contributed by atoms with Crippen molar-refractivity contribution in [2.45, 2.75) is 19.4 Å². The van der Waals surface area contributed by atoms with Crippen LogP contribution in [0, 0.1) is 0 Å². The van der Waals surface area contributed by atoms with Crippen molar-refractivity contribution in [3.8, 4) is 5.75 Å². The molecule has 0 unspecified atom stereocenters. The fourth-order valence-electron chi connectivity index (χ4n) is 3.69. The molecule has 0 saturated carbocycles. The van der Waals surface area contributed by atoms with E-state index in [1.165, 1.54) is 5.56 Å². The van der Waals surface area contributed by atoms with E-state index < -0.39 is 0 Å². The second-order valence-corrected chi connectivity index (χ2v) is 7.80. The second kappa shape index (κ2) is 10.1. The highest BCUT2D eigenvalue weighted by atomic mass is 16.5. The maximum absolute atomic E-state index is 11.9. The Kier molecular flexibility index (Phi) is 7.50. The number of hydrogen-bond acceptors (Lipinski definition) is 5. The number of likely N-dealkylation sites (N-methyl/N-ethyl adjacent to an activating group) is 2. The first-order valence-corrected chi connectivity index (χ1v) is 10.2. The van der Waals surface area contributed by atoms with Gasteiger partial charge in [-0.05, 0) is 19.5 Å². The molecule has 0 bridgehead atoms. The number of carbonyl (C=O) groups is 1. The molecule has 6 heteroatoms. The fourth-order valence-corrected chi connectivity index (χ4v) is 3.69. The van der Waals surface area contributed by atoms with Crippen LogP contribution in [0.15, 0.2) is 24.3 Å². The first-order chi connectivity index (χ1) is 13.1. The molecule has 1 amide bonds. The molecule has 1 aromatic rings. The van der Waals surface area contributed by atoms with Gasteiger partial charge in [-0.1, -0.05) is 18.2 Å². The highest BCUT2D eigenvalue weighted by molar-refractivity contribution is 5.76. The lowest BCUT2D eigenvalue weighted by molar-refractivity contribution is -0.129. The molecular formula is C21H34N4O2. The summed E-state index contributed by atoms with van der Waals surface area (Å²) in [5, 5.41) is 0. The topological polar surface area (TPSA) is 39.3 Å². The molecule has 2 aliphatic rings. The summed E-state index contributed by atoms with van der Waals surface area (Å²) in [4.78, 5) is 21.0. The zero-order chi connectivity index (χ0) is 19.1. The van der Waals surface area contributed by atoms with Gasteiger partial charge in [-0.15, -0.1) is 0 Å². The summed E-state index contributed by atoms with van der Waals surface area (Å²) in [5.74, 6) is 1.23. The number of piperazine rings is 1. The van der Waals surface area contributed by atoms with Crippen LogP contribution in [-0.2, 0) is 11.3 Å². The van der Waals surface area contributed by atoms with Crippen molar-refractivity contribution in [2.75, 3.05) is 73.1 Å². The minimum atomic E-state index is 0.242. The van der Waals surface area contributed by atoms with Gasteiger partial charge in [0.05, 0.1) is 6.61 Å². The molecule has 6 nitrogen and oxygen atoms in total. The molecule has 2 aliphatic heterocycles. The normalized spacial score (nSPS) is 20.7. The van der Waals surface area contributed by atoms with Crippen LogP contribution >= 0.6 is 0 Å². The molecule has 0 N–H and O–H groups in total. The van der Waals surface area contributed by atoms with Crippen LogP contribution in [0.25, 0.3) is 0 Å². The number of benzene rings is 1. The third kappa shape index (κ3) is 6.19. The summed E-state index contributed by atoms with van der Waals surface area (Å²) in [5.41, 5.74) is 1.22. The predicted octanol–water partition coefficient (Wildman–Crippen LogP) is 1.37. The van der Waals surface area contributed by atoms with Gasteiger partial charge < -0.3 is 19.4 Å². The smallest absolute Gasteiger partial charge is 0.223 e. The number of amides is 1. The van der Waals surface area contributed by atoms with Gasteiger partial charge in [0.25, 0.3) is 0 Å². The molecule has 27 heavy (non-hydrogen) atoms. The average molecular weight is 375 g/mol. The zero-order valence-electron chi connectivity index (χ0n) is 16.9. The van der Waals surface area contributed by atoms with E-state index in [4.69, 9.17) is 4.74 Å². The quantitative estimate of drug-likeness (QED) is 0.674. The molecule has 150 valence electrons. The van der Waals surface area contributed by atoms with E-state index in [1.54, 1.807) is 0 Å². The maximum atomic E-state index is 11.9. The van der Waals surface area contributed by atoms with Gasteiger partial charge in [0, 0.05) is 77.9 Å². The highest BCUT2D eigenvalue weighted by Crippen LogP contribution is 2.21. The van der Waals surface area contributed by atoms with Crippen LogP contribution in [0.3, 0.4) is 0 Å². The largest absolute Gasteiger partial charge is 0.493 e. The van der Waals surface area contributed by atoms with E-state index in [-0.39, 0.29) is 5.91 Å². The molecule has 2 heterocycles. The van der Waals surface area contributed by atoms with E-state index >= 15 is 0 Å². The van der Waals surface area contributed by atoms with Gasteiger partial charge in [0.2, 0.25) is 5.91 Å². The van der Waals surface area contributed by atoms with Crippen LogP contribution in [0.4, 0.5) is 0 Å². The number of hydrogen-bond donors (Lipinski definition) is 0. The Labute approximate surface area is 163 Å². The highest BCUT2D eigenvalue weighted by Gasteiger charge is 2.19. The van der Waals surface area contributed by atoms with E-state index in [1.807, 2.05) is 18.0 Å². The Morgan fingerprint density at radius 3 is 2.48 bits per heavy atom. The third-order valence-electron chi connectivity index (χ3n) is 5.66. The van der Waals surface area contributed by atoms with Gasteiger partial charge in [0.15, 0.2) is 0 Å². The monoisotopic (exact) mass is 374 g/mol. The zero-order valence-corrected chi connectivity index (χ0v) is 16.9. The van der Waals surface area contributed by atoms with Crippen molar-refractivity contribution in [1.29, 1.82) is 0 Å². The van der Waals surface area contributed by atoms with Crippen molar-refractivity contribution in [2.24, 2.45) is 0 Å². The Morgan fingerprint density at radius 2 is 1.67 bits per heavy atom. The van der Waals surface area contributed by atoms with Gasteiger partial charge in [-0.25, -0.2) is 0 Å². The van der Waals surface area contributed by atoms with Crippen molar-refractivity contribution in [1.82, 2.24) is 19.6 Å². The molecular weight excluding hydrogens is 340 g/mol. The minimum Gasteiger partial charge on any atom is -0.493 e. The number of rotatable bonds is 7. The lowest BCUT2D eigenvalue weighted by Crippen LogP contribution is -2.44. The predicted molar refractivity (Wildman–Crippen MR) is 108 cm³/mol. The van der Waals surface area contributed by atoms with Crippen LogP contribution in [0.5, 0.6) is 5.75 Å². The first kappa shape index (κ1) is 20.1. The van der Waals surface area contributed by atoms with Crippen molar-refractivity contribution >= 4 is 5.91 Å². The second-order valence-electron chi connectivity index (χ2n) is 7.80. The molecule has 0 aliphatic carbocycles. The van der Waals surface area contributed by atoms with Gasteiger partial charge in [0.1, 0.15) is 5.75 Å². The van der Waals surface area contributed by atoms with Crippen LogP contribution in [0.2, 0.25) is 0 Å². The van der Waals surface area contributed by atoms with E-state index in [9.17, 15) is 4.79 Å². The maximum Gasteiger partial charge on any atom is 0.223 e. The minimum absolute atomic E-state index is 0.242. The SMILES string of the molecule is CN1CCN(CCCOc2ccccc2CN2CCC(=O)N(C)CC2)CC1. The molecule has 0 radical (unpaired) electrons. The van der Waals surface area contributed by atoms with Crippen molar-refractivity contribution in [3.05, 3.63) is 29.8 Å². The molecule has 2 saturated heterocycles. The van der Waals surface area contributed by atoms with Gasteiger partial charge in [-0.2, -0.15) is 0 Å². The van der Waals surface area contributed by atoms with E-state index in [0.717, 1.165) is 77.7 Å². The summed E-state index contributed by atoms with van der Waals surface area (Å²) in [6.07, 6.45) is 1.66. The number of nitrogens with zero attached hydrogens (tertiary/aromatic N) is 4. The average Bonchev–Trinajstić information content (AvgIpc) is 2.84. The summed E-state index contributed by atoms with van der Waals surface area (Å²) >= 11 is 0. The number of carbonyl (C=O) groups excluding carboxylic acids is 1. The summed E-state index contributed by atoms with van der Waals surface area (Å²) in [6.45, 7) is 9.89. The lowest BCUT2D eigenvalue weighted by atomic mass is 10.2. The fraction of sp³-hybridized carbons (Fsp3) is 0.667. The summed E-state index contributed by atoms with van der Waals surface area (Å²) < 4.78 is 6.12. The molecule has 0 aromatic heterocycles. The molecule has 2 fully saturated rings. The van der Waals surface area contributed by atoms with Crippen LogP contribution in [0.1, 0.15) is 18.4 Å². The molecule has 0 spiro atoms. The Balaban J connectivity index is 1.45. The number of para-hydroxylation sites is 1. The van der Waals surface area contributed by atoms with Crippen molar-refractivity contribution in [3.63, 3.8) is 0 Å². The van der Waals surface area contributed by atoms with Gasteiger partial charge in [-0.3, -0.25) is 9.69 Å². The molecule has 1 aromatic carbocycles. The van der Waals surface area contributed by atoms with Crippen LogP contribution in [-0.4, -0.2) is 98.6 Å². The first-order valence-electron chi connectivity index (χ1n) is 10.2. The van der Waals surface area contributed by atoms with E-state index in [2.05, 4.69) is 39.9 Å². The Morgan fingerprint density at radius 1 is 0.926 bits per heavy atom. The lowest BCUT2D eigenvalue weighted by Gasteiger charge is -2.32. The van der Waals surface area contributed by atoms with Crippen LogP contribution < -0.4 is 4.74 Å². The Hall–Kier alpha value is -1.63. The summed E-state index contributed by atoms with van der Waals surface area (Å²) in [7, 11) is 4.08. The summed E-state index contributed by atoms with van der Waals surface area (Å²) in [6, 6.07) is 8.33. The standard InChI is InChI=1S/C21H34N4O2/c1-22-11-14-24(15-12-22)9-5-17-27-20-7-4-3-6-19(20)18-25-10-8-21(26)23(2)13-16-25/h3-4,6-7H,5,8-18H2,1-2H3. The Bertz CT molecular complexity index is 602. The van der Waals surface area contributed by atoms with Gasteiger partial charge >= 0.3 is 0 Å². The number of ether oxygens (including phenoxy) is 1. The van der Waals surface area contributed by atoms with Crippen molar-refractivity contribution < 1.29 is 9.53 Å².